The SMILES string of the molecule is CNc1ncnc(C)c1-c1ccc2c(c1)[C@@H]1[C@H](CO2)[C@H]1c1cnc[nH]1. The van der Waals surface area contributed by atoms with Crippen molar-refractivity contribution in [1.29, 1.82) is 0 Å². The van der Waals surface area contributed by atoms with Crippen LogP contribution in [0.5, 0.6) is 5.75 Å². The predicted molar refractivity (Wildman–Crippen MR) is 94.8 cm³/mol. The van der Waals surface area contributed by atoms with Gasteiger partial charge in [-0.2, -0.15) is 0 Å². The molecule has 1 saturated carbocycles. The van der Waals surface area contributed by atoms with E-state index in [-0.39, 0.29) is 0 Å². The zero-order valence-corrected chi connectivity index (χ0v) is 14.2. The minimum atomic E-state index is 0.468. The number of fused-ring (bicyclic) bond motifs is 3. The van der Waals surface area contributed by atoms with Gasteiger partial charge in [0.05, 0.1) is 18.6 Å². The first kappa shape index (κ1) is 14.5. The summed E-state index contributed by atoms with van der Waals surface area (Å²) in [5.74, 6) is 3.33. The Morgan fingerprint density at radius 2 is 2.16 bits per heavy atom. The first-order valence-corrected chi connectivity index (χ1v) is 8.52. The summed E-state index contributed by atoms with van der Waals surface area (Å²) >= 11 is 0. The van der Waals surface area contributed by atoms with Crippen LogP contribution in [0.25, 0.3) is 11.1 Å². The molecule has 6 nitrogen and oxygen atoms in total. The summed E-state index contributed by atoms with van der Waals surface area (Å²) < 4.78 is 6.00. The third-order valence-corrected chi connectivity index (χ3v) is 5.41. The van der Waals surface area contributed by atoms with Crippen molar-refractivity contribution in [1.82, 2.24) is 19.9 Å². The van der Waals surface area contributed by atoms with Crippen LogP contribution in [0, 0.1) is 12.8 Å². The zero-order chi connectivity index (χ0) is 17.0. The van der Waals surface area contributed by atoms with Gasteiger partial charge in [0.2, 0.25) is 0 Å². The number of nitrogens with zero attached hydrogens (tertiary/aromatic N) is 3. The smallest absolute Gasteiger partial charge is 0.137 e. The molecule has 1 fully saturated rings. The number of hydrogen-bond acceptors (Lipinski definition) is 5. The Morgan fingerprint density at radius 1 is 1.24 bits per heavy atom. The van der Waals surface area contributed by atoms with Crippen molar-refractivity contribution < 1.29 is 4.74 Å². The second-order valence-corrected chi connectivity index (χ2v) is 6.72. The number of anilines is 1. The molecule has 0 saturated heterocycles. The fraction of sp³-hybridized carbons (Fsp3) is 0.316. The lowest BCUT2D eigenvalue weighted by atomic mass is 9.97. The number of rotatable bonds is 3. The zero-order valence-electron chi connectivity index (χ0n) is 14.2. The number of ether oxygens (including phenoxy) is 1. The molecule has 3 atom stereocenters. The molecule has 1 aliphatic heterocycles. The van der Waals surface area contributed by atoms with Crippen molar-refractivity contribution in [2.75, 3.05) is 19.0 Å². The van der Waals surface area contributed by atoms with Gasteiger partial charge in [0.1, 0.15) is 17.9 Å². The Morgan fingerprint density at radius 3 is 2.96 bits per heavy atom. The Hall–Kier alpha value is -2.89. The molecule has 0 radical (unpaired) electrons. The van der Waals surface area contributed by atoms with Gasteiger partial charge in [-0.1, -0.05) is 6.07 Å². The van der Waals surface area contributed by atoms with Gasteiger partial charge in [0.15, 0.2) is 0 Å². The highest BCUT2D eigenvalue weighted by molar-refractivity contribution is 5.78. The van der Waals surface area contributed by atoms with Crippen LogP contribution in [-0.2, 0) is 0 Å². The van der Waals surface area contributed by atoms with E-state index in [0.717, 1.165) is 35.0 Å². The summed E-state index contributed by atoms with van der Waals surface area (Å²) in [6.07, 6.45) is 5.28. The molecule has 2 aromatic heterocycles. The van der Waals surface area contributed by atoms with Crippen molar-refractivity contribution in [2.45, 2.75) is 18.8 Å². The minimum absolute atomic E-state index is 0.468. The minimum Gasteiger partial charge on any atom is -0.493 e. The summed E-state index contributed by atoms with van der Waals surface area (Å²) in [7, 11) is 1.89. The van der Waals surface area contributed by atoms with E-state index in [2.05, 4.69) is 43.5 Å². The molecule has 3 aromatic rings. The molecule has 3 heterocycles. The maximum atomic E-state index is 6.00. The van der Waals surface area contributed by atoms with E-state index in [1.807, 2.05) is 20.2 Å². The van der Waals surface area contributed by atoms with Gasteiger partial charge < -0.3 is 15.0 Å². The fourth-order valence-corrected chi connectivity index (χ4v) is 4.17. The second-order valence-electron chi connectivity index (χ2n) is 6.72. The summed E-state index contributed by atoms with van der Waals surface area (Å²) in [5.41, 5.74) is 5.62. The van der Waals surface area contributed by atoms with Gasteiger partial charge in [-0.05, 0) is 30.2 Å². The molecular formula is C19H19N5O. The maximum absolute atomic E-state index is 6.00. The fourth-order valence-electron chi connectivity index (χ4n) is 4.17. The molecule has 5 rings (SSSR count). The lowest BCUT2D eigenvalue weighted by molar-refractivity contribution is 0.277. The summed E-state index contributed by atoms with van der Waals surface area (Å²) in [4.78, 5) is 16.2. The quantitative estimate of drug-likeness (QED) is 0.770. The van der Waals surface area contributed by atoms with Crippen LogP contribution in [0.15, 0.2) is 37.1 Å². The number of H-pyrrole nitrogens is 1. The number of aromatic nitrogens is 4. The van der Waals surface area contributed by atoms with E-state index in [9.17, 15) is 0 Å². The highest BCUT2D eigenvalue weighted by Crippen LogP contribution is 2.64. The molecule has 0 bridgehead atoms. The second kappa shape index (κ2) is 5.31. The van der Waals surface area contributed by atoms with Crippen LogP contribution in [-0.4, -0.2) is 33.6 Å². The van der Waals surface area contributed by atoms with Crippen molar-refractivity contribution in [3.8, 4) is 16.9 Å². The number of hydrogen-bond donors (Lipinski definition) is 2. The van der Waals surface area contributed by atoms with Gasteiger partial charge >= 0.3 is 0 Å². The standard InChI is InChI=1S/C19H19N5O/c1-10-16(19(20-2)24-9-22-10)11-3-4-15-12(5-11)17-13(7-25-15)18(17)14-6-21-8-23-14/h3-6,8-9,13,17-18H,7H2,1-2H3,(H,21,23)(H,20,22,24)/t13-,17+,18-/m0/s1. The molecule has 1 aliphatic carbocycles. The van der Waals surface area contributed by atoms with E-state index in [1.165, 1.54) is 11.3 Å². The van der Waals surface area contributed by atoms with Crippen LogP contribution in [0.1, 0.15) is 28.8 Å². The van der Waals surface area contributed by atoms with E-state index in [0.29, 0.717) is 17.8 Å². The molecule has 6 heteroatoms. The molecule has 0 unspecified atom stereocenters. The Balaban J connectivity index is 1.59. The van der Waals surface area contributed by atoms with Crippen LogP contribution in [0.4, 0.5) is 5.82 Å². The van der Waals surface area contributed by atoms with Crippen LogP contribution in [0.3, 0.4) is 0 Å². The Kier molecular flexibility index (Phi) is 3.07. The highest BCUT2D eigenvalue weighted by Gasteiger charge is 2.56. The largest absolute Gasteiger partial charge is 0.493 e. The lowest BCUT2D eigenvalue weighted by Gasteiger charge is -2.18. The van der Waals surface area contributed by atoms with E-state index < -0.39 is 0 Å². The lowest BCUT2D eigenvalue weighted by Crippen LogP contribution is -2.08. The van der Waals surface area contributed by atoms with Crippen LogP contribution < -0.4 is 10.1 Å². The summed E-state index contributed by atoms with van der Waals surface area (Å²) in [5, 5.41) is 3.17. The van der Waals surface area contributed by atoms with Crippen LogP contribution >= 0.6 is 0 Å². The topological polar surface area (TPSA) is 75.7 Å². The van der Waals surface area contributed by atoms with Crippen LogP contribution in [0.2, 0.25) is 0 Å². The summed E-state index contributed by atoms with van der Waals surface area (Å²) in [6.45, 7) is 2.79. The van der Waals surface area contributed by atoms with E-state index >= 15 is 0 Å². The third-order valence-electron chi connectivity index (χ3n) is 5.41. The average molecular weight is 333 g/mol. The predicted octanol–water partition coefficient (Wildman–Crippen LogP) is 3.11. The Labute approximate surface area is 145 Å². The number of aryl methyl sites for hydroxylation is 1. The maximum Gasteiger partial charge on any atom is 0.137 e. The first-order valence-electron chi connectivity index (χ1n) is 8.52. The molecule has 2 aliphatic rings. The molecular weight excluding hydrogens is 314 g/mol. The number of benzene rings is 1. The normalized spacial score (nSPS) is 23.4. The number of imidazole rings is 1. The van der Waals surface area contributed by atoms with E-state index in [4.69, 9.17) is 4.74 Å². The molecule has 2 N–H and O–H groups in total. The Bertz CT molecular complexity index is 937. The molecule has 25 heavy (non-hydrogen) atoms. The highest BCUT2D eigenvalue weighted by atomic mass is 16.5. The van der Waals surface area contributed by atoms with Crippen molar-refractivity contribution >= 4 is 5.82 Å². The van der Waals surface area contributed by atoms with E-state index in [1.54, 1.807) is 12.7 Å². The molecule has 126 valence electrons. The average Bonchev–Trinajstić information content (AvgIpc) is 3.13. The van der Waals surface area contributed by atoms with Crippen molar-refractivity contribution in [3.63, 3.8) is 0 Å². The van der Waals surface area contributed by atoms with Crippen molar-refractivity contribution in [3.05, 3.63) is 54.0 Å². The molecule has 0 amide bonds. The molecule has 1 aromatic carbocycles. The van der Waals surface area contributed by atoms with Gasteiger partial charge in [-0.15, -0.1) is 0 Å². The van der Waals surface area contributed by atoms with Gasteiger partial charge in [0.25, 0.3) is 0 Å². The number of aromatic amines is 1. The number of nitrogens with one attached hydrogen (secondary N) is 2. The monoisotopic (exact) mass is 333 g/mol. The molecule has 0 spiro atoms. The van der Waals surface area contributed by atoms with Gasteiger partial charge in [-0.25, -0.2) is 15.0 Å². The summed E-state index contributed by atoms with van der Waals surface area (Å²) in [6, 6.07) is 6.42. The first-order chi connectivity index (χ1) is 12.3. The van der Waals surface area contributed by atoms with Gasteiger partial charge in [0, 0.05) is 42.3 Å². The van der Waals surface area contributed by atoms with Gasteiger partial charge in [-0.3, -0.25) is 0 Å². The van der Waals surface area contributed by atoms with Crippen molar-refractivity contribution in [2.24, 2.45) is 5.92 Å². The third kappa shape index (κ3) is 2.13.